The van der Waals surface area contributed by atoms with Crippen molar-refractivity contribution in [3.8, 4) is 0 Å². The minimum absolute atomic E-state index is 0.0543. The number of ketones is 1. The molecule has 0 aliphatic heterocycles. The number of aromatic nitrogens is 2. The molecule has 3 aromatic heterocycles. The van der Waals surface area contributed by atoms with Crippen LogP contribution >= 0.6 is 11.3 Å². The van der Waals surface area contributed by atoms with Crippen molar-refractivity contribution in [2.24, 2.45) is 7.05 Å². The SMILES string of the molecule is CCN(CCn1c2ccc3c(c2c2c4ccn(C)c(=O)c4sc21)CCC3=O)[I-]C. The number of Topliss-reactive ketones (excluding diaryl/α,β-unsaturated/α-hetero) is 1. The van der Waals surface area contributed by atoms with Gasteiger partial charge in [-0.15, -0.1) is 0 Å². The van der Waals surface area contributed by atoms with E-state index < -0.39 is 0 Å². The van der Waals surface area contributed by atoms with Crippen LogP contribution < -0.4 is 27.0 Å². The first-order chi connectivity index (χ1) is 14.0. The van der Waals surface area contributed by atoms with E-state index in [9.17, 15) is 9.59 Å². The third kappa shape index (κ3) is 2.81. The molecule has 0 amide bonds. The topological polar surface area (TPSA) is 47.2 Å². The average molecular weight is 520 g/mol. The Bertz CT molecular complexity index is 1340. The Labute approximate surface area is 183 Å². The second kappa shape index (κ2) is 7.21. The fraction of sp³-hybridized carbons (Fsp3) is 0.364. The molecule has 152 valence electrons. The van der Waals surface area contributed by atoms with Crippen LogP contribution in [0.25, 0.3) is 31.2 Å². The van der Waals surface area contributed by atoms with Crippen LogP contribution in [0.3, 0.4) is 0 Å². The molecule has 0 saturated heterocycles. The molecule has 0 radical (unpaired) electrons. The number of carbonyl (C=O) groups excluding carboxylic acids is 1. The zero-order valence-corrected chi connectivity index (χ0v) is 19.8. The summed E-state index contributed by atoms with van der Waals surface area (Å²) in [5.41, 5.74) is 3.30. The summed E-state index contributed by atoms with van der Waals surface area (Å²) < 4.78 is 7.38. The van der Waals surface area contributed by atoms with Crippen LogP contribution in [-0.2, 0) is 20.0 Å². The molecule has 29 heavy (non-hydrogen) atoms. The first-order valence-corrected chi connectivity index (χ1v) is 13.8. The van der Waals surface area contributed by atoms with Gasteiger partial charge in [0.15, 0.2) is 0 Å². The molecule has 0 spiro atoms. The first-order valence-electron chi connectivity index (χ1n) is 9.89. The molecule has 4 aromatic rings. The van der Waals surface area contributed by atoms with E-state index in [1.807, 2.05) is 12.3 Å². The molecule has 5 nitrogen and oxygen atoms in total. The van der Waals surface area contributed by atoms with Crippen LogP contribution in [0.5, 0.6) is 0 Å². The monoisotopic (exact) mass is 520 g/mol. The summed E-state index contributed by atoms with van der Waals surface area (Å²) >= 11 is 1.66. The molecular formula is C22H23IN3O2S-. The van der Waals surface area contributed by atoms with E-state index in [1.54, 1.807) is 23.0 Å². The number of likely N-dealkylation sites (N-methyl/N-ethyl adjacent to an activating group) is 1. The van der Waals surface area contributed by atoms with Gasteiger partial charge in [0.1, 0.15) is 0 Å². The summed E-state index contributed by atoms with van der Waals surface area (Å²) in [4.78, 5) is 28.6. The summed E-state index contributed by atoms with van der Waals surface area (Å²) in [6.45, 7) is 5.21. The van der Waals surface area contributed by atoms with E-state index in [4.69, 9.17) is 0 Å². The number of nitrogens with zero attached hydrogens (tertiary/aromatic N) is 3. The summed E-state index contributed by atoms with van der Waals surface area (Å²) in [6.07, 6.45) is 3.25. The van der Waals surface area contributed by atoms with Crippen molar-refractivity contribution in [2.45, 2.75) is 26.3 Å². The second-order valence-corrected chi connectivity index (χ2v) is 10.8. The fourth-order valence-corrected chi connectivity index (χ4v) is 7.23. The van der Waals surface area contributed by atoms with Gasteiger partial charge in [0, 0.05) is 0 Å². The van der Waals surface area contributed by atoms with Gasteiger partial charge < -0.3 is 0 Å². The maximum atomic E-state index is 12.8. The number of fused-ring (bicyclic) bond motifs is 7. The summed E-state index contributed by atoms with van der Waals surface area (Å²) in [5.74, 6) is 0.242. The van der Waals surface area contributed by atoms with Crippen LogP contribution in [0, 0.1) is 0 Å². The normalized spacial score (nSPS) is 14.3. The average Bonchev–Trinajstić information content (AvgIpc) is 3.37. The number of aryl methyl sites for hydroxylation is 2. The van der Waals surface area contributed by atoms with Crippen molar-refractivity contribution in [3.63, 3.8) is 0 Å². The number of carbonyl (C=O) groups is 1. The standard InChI is InChI=1S/C22H23IN3O2S/c1-4-25(23-2)11-12-26-16-7-5-13-14(6-8-17(13)27)18(16)19-15-9-10-24(3)21(28)20(15)29-22(19)26/h5,7,9-10H,4,6,8,11-12H2,1-3H3/q-1. The molecule has 0 N–H and O–H groups in total. The number of thiophene rings is 1. The van der Waals surface area contributed by atoms with Gasteiger partial charge in [0.05, 0.1) is 0 Å². The number of hydrogen-bond donors (Lipinski definition) is 0. The number of halogens is 1. The molecule has 1 aliphatic carbocycles. The van der Waals surface area contributed by atoms with Gasteiger partial charge >= 0.3 is 184 Å². The Morgan fingerprint density at radius 2 is 2.00 bits per heavy atom. The van der Waals surface area contributed by atoms with Crippen molar-refractivity contribution >= 4 is 48.3 Å². The number of benzene rings is 1. The van der Waals surface area contributed by atoms with Crippen LogP contribution in [0.1, 0.15) is 29.3 Å². The van der Waals surface area contributed by atoms with Crippen molar-refractivity contribution < 1.29 is 26.3 Å². The third-order valence-corrected chi connectivity index (χ3v) is 9.78. The number of pyridine rings is 1. The van der Waals surface area contributed by atoms with E-state index in [1.165, 1.54) is 21.9 Å². The molecule has 5 rings (SSSR count). The molecule has 0 bridgehead atoms. The Hall–Kier alpha value is -1.71. The molecule has 0 unspecified atom stereocenters. The first kappa shape index (κ1) is 19.3. The summed E-state index contributed by atoms with van der Waals surface area (Å²) in [7, 11) is 1.80. The van der Waals surface area contributed by atoms with Crippen molar-refractivity contribution in [3.05, 3.63) is 45.9 Å². The predicted molar refractivity (Wildman–Crippen MR) is 116 cm³/mol. The number of rotatable bonds is 5. The Balaban J connectivity index is 1.86. The van der Waals surface area contributed by atoms with E-state index in [0.717, 1.165) is 46.5 Å². The van der Waals surface area contributed by atoms with Gasteiger partial charge in [-0.05, 0) is 0 Å². The molecule has 1 aliphatic rings. The number of alkyl halides is 1. The zero-order valence-electron chi connectivity index (χ0n) is 16.8. The van der Waals surface area contributed by atoms with Gasteiger partial charge in [-0.1, -0.05) is 0 Å². The minimum atomic E-state index is 0.0543. The van der Waals surface area contributed by atoms with Gasteiger partial charge in [0.25, 0.3) is 0 Å². The molecule has 0 saturated carbocycles. The van der Waals surface area contributed by atoms with Gasteiger partial charge in [-0.25, -0.2) is 0 Å². The molecule has 7 heteroatoms. The maximum absolute atomic E-state index is 12.8. The van der Waals surface area contributed by atoms with Crippen molar-refractivity contribution in [2.75, 3.05) is 18.0 Å². The quantitative estimate of drug-likeness (QED) is 0.222. The van der Waals surface area contributed by atoms with E-state index >= 15 is 0 Å². The van der Waals surface area contributed by atoms with E-state index in [-0.39, 0.29) is 32.8 Å². The zero-order chi connectivity index (χ0) is 20.3. The molecule has 0 fully saturated rings. The third-order valence-electron chi connectivity index (χ3n) is 6.03. The van der Waals surface area contributed by atoms with Gasteiger partial charge in [-0.3, -0.25) is 0 Å². The van der Waals surface area contributed by atoms with E-state index in [2.05, 4.69) is 31.7 Å². The van der Waals surface area contributed by atoms with Crippen LogP contribution in [-0.4, -0.2) is 36.1 Å². The van der Waals surface area contributed by atoms with Crippen molar-refractivity contribution in [1.29, 1.82) is 0 Å². The van der Waals surface area contributed by atoms with Crippen LogP contribution in [0.2, 0.25) is 0 Å². The van der Waals surface area contributed by atoms with Crippen LogP contribution in [0.15, 0.2) is 29.2 Å². The summed E-state index contributed by atoms with van der Waals surface area (Å²) in [6, 6.07) is 6.19. The summed E-state index contributed by atoms with van der Waals surface area (Å²) in [5, 5.41) is 3.38. The second-order valence-electron chi connectivity index (χ2n) is 7.49. The Kier molecular flexibility index (Phi) is 4.79. The Morgan fingerprint density at radius 3 is 2.76 bits per heavy atom. The Morgan fingerprint density at radius 1 is 1.17 bits per heavy atom. The van der Waals surface area contributed by atoms with E-state index in [0.29, 0.717) is 6.42 Å². The number of hydrogen-bond acceptors (Lipinski definition) is 4. The molecule has 3 heterocycles. The molecule has 1 aromatic carbocycles. The van der Waals surface area contributed by atoms with Crippen molar-refractivity contribution in [1.82, 2.24) is 12.2 Å². The molecular weight excluding hydrogens is 497 g/mol. The fourth-order valence-electron chi connectivity index (χ4n) is 4.53. The van der Waals surface area contributed by atoms with Gasteiger partial charge in [-0.2, -0.15) is 0 Å². The predicted octanol–water partition coefficient (Wildman–Crippen LogP) is 0.792. The van der Waals surface area contributed by atoms with Crippen LogP contribution in [0.4, 0.5) is 0 Å². The van der Waals surface area contributed by atoms with Gasteiger partial charge in [0.2, 0.25) is 0 Å². The molecule has 0 atom stereocenters.